The van der Waals surface area contributed by atoms with E-state index in [9.17, 15) is 9.59 Å². The Labute approximate surface area is 142 Å². The highest BCUT2D eigenvalue weighted by molar-refractivity contribution is 5.84. The van der Waals surface area contributed by atoms with E-state index in [2.05, 4.69) is 32.2 Å². The van der Waals surface area contributed by atoms with Crippen LogP contribution < -0.4 is 5.32 Å². The largest absolute Gasteiger partial charge is 0.467 e. The number of hydrogen-bond acceptors (Lipinski definition) is 3. The summed E-state index contributed by atoms with van der Waals surface area (Å²) in [5.74, 6) is -0.667. The molecule has 2 atom stereocenters. The lowest BCUT2D eigenvalue weighted by atomic mass is 9.80. The van der Waals surface area contributed by atoms with Crippen LogP contribution in [0.5, 0.6) is 0 Å². The van der Waals surface area contributed by atoms with Gasteiger partial charge in [-0.05, 0) is 18.3 Å². The summed E-state index contributed by atoms with van der Waals surface area (Å²) in [6, 6.07) is -0.700. The van der Waals surface area contributed by atoms with Gasteiger partial charge in [0.25, 0.3) is 0 Å². The lowest BCUT2D eigenvalue weighted by Gasteiger charge is -2.26. The van der Waals surface area contributed by atoms with Gasteiger partial charge in [-0.3, -0.25) is 4.79 Å². The van der Waals surface area contributed by atoms with Gasteiger partial charge in [-0.1, -0.05) is 71.4 Å². The summed E-state index contributed by atoms with van der Waals surface area (Å²) < 4.78 is 4.76. The van der Waals surface area contributed by atoms with Gasteiger partial charge in [-0.15, -0.1) is 0 Å². The van der Waals surface area contributed by atoms with Gasteiger partial charge < -0.3 is 10.1 Å². The van der Waals surface area contributed by atoms with Crippen LogP contribution in [0.25, 0.3) is 0 Å². The smallest absolute Gasteiger partial charge is 0.332 e. The molecule has 4 nitrogen and oxygen atoms in total. The Morgan fingerprint density at radius 3 is 2.26 bits per heavy atom. The third-order valence-electron chi connectivity index (χ3n) is 4.18. The molecule has 0 heterocycles. The number of carbonyl (C=O) groups is 2. The number of carbonyl (C=O) groups excluding carboxylic acids is 2. The minimum atomic E-state index is -0.700. The Morgan fingerprint density at radius 1 is 1.09 bits per heavy atom. The van der Waals surface area contributed by atoms with Crippen LogP contribution in [0.2, 0.25) is 0 Å². The van der Waals surface area contributed by atoms with Crippen LogP contribution in [-0.4, -0.2) is 25.0 Å². The molecular formula is C19H35NO3. The summed E-state index contributed by atoms with van der Waals surface area (Å²) >= 11 is 0. The molecule has 0 aromatic carbocycles. The van der Waals surface area contributed by atoms with Crippen molar-refractivity contribution in [3.63, 3.8) is 0 Å². The molecule has 0 aromatic heterocycles. The van der Waals surface area contributed by atoms with Gasteiger partial charge in [-0.25, -0.2) is 4.79 Å². The third-order valence-corrected chi connectivity index (χ3v) is 4.18. The number of hydrogen-bond donors (Lipinski definition) is 1. The SMILES string of the molecule is CCCCCCCC(C)(/C=C/[C@H](NC(C)=O)C(=O)OC)CCC. The van der Waals surface area contributed by atoms with Gasteiger partial charge in [0.05, 0.1) is 7.11 Å². The number of rotatable bonds is 12. The second-order valence-corrected chi connectivity index (χ2v) is 6.63. The van der Waals surface area contributed by atoms with Crippen molar-refractivity contribution in [2.45, 2.75) is 85.1 Å². The number of unbranched alkanes of at least 4 members (excludes halogenated alkanes) is 4. The minimum absolute atomic E-state index is 0.0612. The molecule has 0 bridgehead atoms. The van der Waals surface area contributed by atoms with Crippen molar-refractivity contribution in [2.75, 3.05) is 7.11 Å². The molecule has 0 fully saturated rings. The molecule has 0 spiro atoms. The van der Waals surface area contributed by atoms with Crippen LogP contribution in [0.1, 0.15) is 79.1 Å². The van der Waals surface area contributed by atoms with Crippen molar-refractivity contribution in [1.82, 2.24) is 5.32 Å². The second kappa shape index (κ2) is 12.1. The maximum absolute atomic E-state index is 11.8. The fourth-order valence-corrected chi connectivity index (χ4v) is 2.86. The predicted octanol–water partition coefficient (Wildman–Crippen LogP) is 4.39. The van der Waals surface area contributed by atoms with Crippen molar-refractivity contribution >= 4 is 11.9 Å². The molecular weight excluding hydrogens is 290 g/mol. The Hall–Kier alpha value is -1.32. The summed E-state index contributed by atoms with van der Waals surface area (Å²) in [6.45, 7) is 8.03. The molecule has 0 aliphatic heterocycles. The van der Waals surface area contributed by atoms with E-state index in [0.717, 1.165) is 19.3 Å². The number of methoxy groups -OCH3 is 1. The van der Waals surface area contributed by atoms with E-state index in [1.54, 1.807) is 6.08 Å². The first-order chi connectivity index (χ1) is 10.9. The monoisotopic (exact) mass is 325 g/mol. The van der Waals surface area contributed by atoms with Crippen molar-refractivity contribution in [3.8, 4) is 0 Å². The Kier molecular flexibility index (Phi) is 11.4. The summed E-state index contributed by atoms with van der Waals surface area (Å²) in [6.07, 6.45) is 13.5. The summed E-state index contributed by atoms with van der Waals surface area (Å²) in [5, 5.41) is 2.63. The van der Waals surface area contributed by atoms with Gasteiger partial charge in [0, 0.05) is 6.92 Å². The molecule has 1 amide bonds. The van der Waals surface area contributed by atoms with Crippen molar-refractivity contribution < 1.29 is 14.3 Å². The Morgan fingerprint density at radius 2 is 1.74 bits per heavy atom. The number of amides is 1. The summed E-state index contributed by atoms with van der Waals surface area (Å²) in [4.78, 5) is 23.0. The fourth-order valence-electron chi connectivity index (χ4n) is 2.86. The number of ether oxygens (including phenoxy) is 1. The molecule has 0 rings (SSSR count). The maximum Gasteiger partial charge on any atom is 0.332 e. The number of nitrogens with one attached hydrogen (secondary N) is 1. The fraction of sp³-hybridized carbons (Fsp3) is 0.789. The molecule has 0 radical (unpaired) electrons. The molecule has 0 aromatic rings. The van der Waals surface area contributed by atoms with Gasteiger partial charge in [-0.2, -0.15) is 0 Å². The third kappa shape index (κ3) is 10.1. The minimum Gasteiger partial charge on any atom is -0.467 e. The topological polar surface area (TPSA) is 55.4 Å². The van der Waals surface area contributed by atoms with Crippen molar-refractivity contribution in [3.05, 3.63) is 12.2 Å². The van der Waals surface area contributed by atoms with Crippen molar-refractivity contribution in [1.29, 1.82) is 0 Å². The predicted molar refractivity (Wildman–Crippen MR) is 95.2 cm³/mol. The molecule has 23 heavy (non-hydrogen) atoms. The highest BCUT2D eigenvalue weighted by Crippen LogP contribution is 2.32. The van der Waals surface area contributed by atoms with E-state index in [1.807, 2.05) is 0 Å². The number of allylic oxidation sites excluding steroid dienone is 1. The summed E-state index contributed by atoms with van der Waals surface area (Å²) in [5.41, 5.74) is 0.0612. The van der Waals surface area contributed by atoms with Gasteiger partial charge in [0.15, 0.2) is 0 Å². The molecule has 0 aliphatic carbocycles. The second-order valence-electron chi connectivity index (χ2n) is 6.63. The highest BCUT2D eigenvalue weighted by Gasteiger charge is 2.22. The van der Waals surface area contributed by atoms with Crippen LogP contribution >= 0.6 is 0 Å². The molecule has 4 heteroatoms. The van der Waals surface area contributed by atoms with E-state index in [1.165, 1.54) is 46.1 Å². The highest BCUT2D eigenvalue weighted by atomic mass is 16.5. The number of esters is 1. The van der Waals surface area contributed by atoms with Crippen LogP contribution in [0.4, 0.5) is 0 Å². The van der Waals surface area contributed by atoms with Gasteiger partial charge in [0.1, 0.15) is 6.04 Å². The van der Waals surface area contributed by atoms with E-state index < -0.39 is 12.0 Å². The molecule has 1 N–H and O–H groups in total. The van der Waals surface area contributed by atoms with Crippen LogP contribution in [-0.2, 0) is 14.3 Å². The lowest BCUT2D eigenvalue weighted by Crippen LogP contribution is -2.39. The van der Waals surface area contributed by atoms with E-state index in [-0.39, 0.29) is 11.3 Å². The van der Waals surface area contributed by atoms with E-state index in [4.69, 9.17) is 4.74 Å². The zero-order valence-electron chi connectivity index (χ0n) is 15.6. The molecule has 134 valence electrons. The maximum atomic E-state index is 11.8. The van der Waals surface area contributed by atoms with Gasteiger partial charge in [0.2, 0.25) is 5.91 Å². The summed E-state index contributed by atoms with van der Waals surface area (Å²) in [7, 11) is 1.34. The normalized spacial score (nSPS) is 15.2. The molecule has 0 saturated heterocycles. The quantitative estimate of drug-likeness (QED) is 0.329. The standard InChI is InChI=1S/C19H35NO3/c1-6-8-9-10-11-14-19(4,13-7-2)15-12-17(18(22)23-5)20-16(3)21/h12,15,17H,6-11,13-14H2,1-5H3,(H,20,21)/b15-12+/t17-,19?/m0/s1. The Balaban J connectivity index is 4.76. The molecule has 0 saturated carbocycles. The first kappa shape index (κ1) is 21.7. The van der Waals surface area contributed by atoms with E-state index >= 15 is 0 Å². The van der Waals surface area contributed by atoms with Crippen LogP contribution in [0.15, 0.2) is 12.2 Å². The van der Waals surface area contributed by atoms with Gasteiger partial charge >= 0.3 is 5.97 Å². The molecule has 1 unspecified atom stereocenters. The Bertz CT molecular complexity index is 379. The first-order valence-electron chi connectivity index (χ1n) is 8.92. The average molecular weight is 325 g/mol. The average Bonchev–Trinajstić information content (AvgIpc) is 2.50. The zero-order valence-corrected chi connectivity index (χ0v) is 15.6. The first-order valence-corrected chi connectivity index (χ1v) is 8.92. The zero-order chi connectivity index (χ0) is 17.7. The van der Waals surface area contributed by atoms with Crippen LogP contribution in [0, 0.1) is 5.41 Å². The molecule has 0 aliphatic rings. The lowest BCUT2D eigenvalue weighted by molar-refractivity contribution is -0.143. The van der Waals surface area contributed by atoms with Crippen LogP contribution in [0.3, 0.4) is 0 Å². The van der Waals surface area contributed by atoms with Crippen molar-refractivity contribution in [2.24, 2.45) is 5.41 Å². The van der Waals surface area contributed by atoms with E-state index in [0.29, 0.717) is 0 Å².